The van der Waals surface area contributed by atoms with Crippen LogP contribution in [-0.4, -0.2) is 22.0 Å². The zero-order valence-corrected chi connectivity index (χ0v) is 15.8. The molecule has 3 aromatic rings. The van der Waals surface area contributed by atoms with E-state index >= 15 is 0 Å². The first-order valence-electron chi connectivity index (χ1n) is 8.07. The third-order valence-electron chi connectivity index (χ3n) is 3.74. The summed E-state index contributed by atoms with van der Waals surface area (Å²) >= 11 is 11.2. The molecule has 0 unspecified atom stereocenters. The first kappa shape index (κ1) is 18.2. The summed E-state index contributed by atoms with van der Waals surface area (Å²) < 4.78 is 7.09. The number of anilines is 1. The van der Waals surface area contributed by atoms with Gasteiger partial charge in [0.25, 0.3) is 0 Å². The van der Waals surface area contributed by atoms with E-state index in [0.29, 0.717) is 18.2 Å². The lowest BCUT2D eigenvalue weighted by Gasteiger charge is -2.09. The Morgan fingerprint density at radius 3 is 2.77 bits per heavy atom. The summed E-state index contributed by atoms with van der Waals surface area (Å²) in [6, 6.07) is 15.6. The number of nitrogens with zero attached hydrogens (tertiary/aromatic N) is 2. The lowest BCUT2D eigenvalue weighted by atomic mass is 10.2. The van der Waals surface area contributed by atoms with Crippen molar-refractivity contribution in [3.8, 4) is 5.75 Å². The number of rotatable bonds is 6. The maximum atomic E-state index is 5.88. The fourth-order valence-electron chi connectivity index (χ4n) is 2.43. The van der Waals surface area contributed by atoms with Gasteiger partial charge in [0.15, 0.2) is 5.11 Å². The van der Waals surface area contributed by atoms with Gasteiger partial charge in [-0.25, -0.2) is 0 Å². The molecule has 7 heteroatoms. The van der Waals surface area contributed by atoms with E-state index in [9.17, 15) is 0 Å². The summed E-state index contributed by atoms with van der Waals surface area (Å²) in [4.78, 5) is 0. The summed E-state index contributed by atoms with van der Waals surface area (Å²) in [7, 11) is 1.66. The van der Waals surface area contributed by atoms with E-state index in [4.69, 9.17) is 28.6 Å². The molecule has 1 heterocycles. The number of benzene rings is 2. The molecule has 5 nitrogen and oxygen atoms in total. The highest BCUT2D eigenvalue weighted by molar-refractivity contribution is 7.80. The summed E-state index contributed by atoms with van der Waals surface area (Å²) in [6.07, 6.45) is 3.66. The van der Waals surface area contributed by atoms with E-state index in [0.717, 1.165) is 27.6 Å². The lowest BCUT2D eigenvalue weighted by Crippen LogP contribution is -2.27. The lowest BCUT2D eigenvalue weighted by molar-refractivity contribution is 0.414. The van der Waals surface area contributed by atoms with Crippen molar-refractivity contribution in [3.63, 3.8) is 0 Å². The maximum Gasteiger partial charge on any atom is 0.171 e. The SMILES string of the molecule is COc1cccc(Cn2cc(NC(=S)NCc3ccc(Cl)cc3)cn2)c1. The summed E-state index contributed by atoms with van der Waals surface area (Å²) in [6.45, 7) is 1.28. The van der Waals surface area contributed by atoms with Gasteiger partial charge in [-0.1, -0.05) is 35.9 Å². The second-order valence-electron chi connectivity index (χ2n) is 5.71. The van der Waals surface area contributed by atoms with Crippen LogP contribution in [0.1, 0.15) is 11.1 Å². The third kappa shape index (κ3) is 5.21. The van der Waals surface area contributed by atoms with Crippen LogP contribution in [0.15, 0.2) is 60.9 Å². The van der Waals surface area contributed by atoms with E-state index in [2.05, 4.69) is 15.7 Å². The van der Waals surface area contributed by atoms with Crippen molar-refractivity contribution in [2.45, 2.75) is 13.1 Å². The monoisotopic (exact) mass is 386 g/mol. The van der Waals surface area contributed by atoms with Crippen molar-refractivity contribution in [2.75, 3.05) is 12.4 Å². The van der Waals surface area contributed by atoms with Crippen LogP contribution in [0.2, 0.25) is 5.02 Å². The molecule has 3 rings (SSSR count). The summed E-state index contributed by atoms with van der Waals surface area (Å²) in [5.41, 5.74) is 3.05. The zero-order chi connectivity index (χ0) is 18.4. The van der Waals surface area contributed by atoms with Gasteiger partial charge >= 0.3 is 0 Å². The molecule has 26 heavy (non-hydrogen) atoms. The highest BCUT2D eigenvalue weighted by Crippen LogP contribution is 2.14. The van der Waals surface area contributed by atoms with Gasteiger partial charge in [0.2, 0.25) is 0 Å². The van der Waals surface area contributed by atoms with Gasteiger partial charge in [-0.15, -0.1) is 0 Å². The average molecular weight is 387 g/mol. The number of halogens is 1. The van der Waals surface area contributed by atoms with E-state index in [-0.39, 0.29) is 0 Å². The topological polar surface area (TPSA) is 51.1 Å². The largest absolute Gasteiger partial charge is 0.497 e. The van der Waals surface area contributed by atoms with Crippen molar-refractivity contribution in [1.82, 2.24) is 15.1 Å². The molecule has 0 spiro atoms. The first-order chi connectivity index (χ1) is 12.6. The molecule has 0 atom stereocenters. The number of ether oxygens (including phenoxy) is 1. The molecule has 1 aromatic heterocycles. The number of hydrogen-bond donors (Lipinski definition) is 2. The minimum absolute atomic E-state index is 0.542. The molecular weight excluding hydrogens is 368 g/mol. The van der Waals surface area contributed by atoms with Gasteiger partial charge in [0.05, 0.1) is 25.5 Å². The predicted octanol–water partition coefficient (Wildman–Crippen LogP) is 4.08. The molecule has 0 bridgehead atoms. The Bertz CT molecular complexity index is 879. The first-order valence-corrected chi connectivity index (χ1v) is 8.86. The predicted molar refractivity (Wildman–Crippen MR) is 109 cm³/mol. The fraction of sp³-hybridized carbons (Fsp3) is 0.158. The number of methoxy groups -OCH3 is 1. The maximum absolute atomic E-state index is 5.88. The van der Waals surface area contributed by atoms with Crippen molar-refractivity contribution < 1.29 is 4.74 Å². The highest BCUT2D eigenvalue weighted by atomic mass is 35.5. The van der Waals surface area contributed by atoms with Gasteiger partial charge in [-0.3, -0.25) is 4.68 Å². The third-order valence-corrected chi connectivity index (χ3v) is 4.23. The molecule has 134 valence electrons. The molecule has 0 saturated carbocycles. The summed E-state index contributed by atoms with van der Waals surface area (Å²) in [5, 5.41) is 11.9. The Hall–Kier alpha value is -2.57. The van der Waals surface area contributed by atoms with Crippen LogP contribution in [0.25, 0.3) is 0 Å². The van der Waals surface area contributed by atoms with Crippen molar-refractivity contribution in [2.24, 2.45) is 0 Å². The second-order valence-corrected chi connectivity index (χ2v) is 6.56. The molecule has 2 aromatic carbocycles. The molecular formula is C19H19ClN4OS. The Labute approximate surface area is 162 Å². The Balaban J connectivity index is 1.52. The number of aromatic nitrogens is 2. The van der Waals surface area contributed by atoms with Crippen LogP contribution in [0.4, 0.5) is 5.69 Å². The molecule has 0 aliphatic carbocycles. The van der Waals surface area contributed by atoms with Crippen molar-refractivity contribution in [3.05, 3.63) is 77.1 Å². The Morgan fingerprint density at radius 2 is 2.00 bits per heavy atom. The quantitative estimate of drug-likeness (QED) is 0.625. The normalized spacial score (nSPS) is 10.4. The van der Waals surface area contributed by atoms with Gasteiger partial charge in [-0.2, -0.15) is 5.10 Å². The van der Waals surface area contributed by atoms with Gasteiger partial charge in [0, 0.05) is 17.8 Å². The van der Waals surface area contributed by atoms with Crippen LogP contribution < -0.4 is 15.4 Å². The van der Waals surface area contributed by atoms with E-state index in [1.165, 1.54) is 0 Å². The van der Waals surface area contributed by atoms with Crippen LogP contribution in [-0.2, 0) is 13.1 Å². The minimum Gasteiger partial charge on any atom is -0.497 e. The molecule has 0 radical (unpaired) electrons. The van der Waals surface area contributed by atoms with Gasteiger partial charge in [-0.05, 0) is 47.6 Å². The van der Waals surface area contributed by atoms with Crippen LogP contribution in [0, 0.1) is 0 Å². The van der Waals surface area contributed by atoms with Crippen LogP contribution in [0.3, 0.4) is 0 Å². The second kappa shape index (κ2) is 8.69. The number of hydrogen-bond acceptors (Lipinski definition) is 3. The summed E-state index contributed by atoms with van der Waals surface area (Å²) in [5.74, 6) is 0.834. The van der Waals surface area contributed by atoms with Crippen molar-refractivity contribution in [1.29, 1.82) is 0 Å². The van der Waals surface area contributed by atoms with Crippen molar-refractivity contribution >= 4 is 34.6 Å². The molecule has 0 saturated heterocycles. The number of thiocarbonyl (C=S) groups is 1. The Morgan fingerprint density at radius 1 is 1.19 bits per heavy atom. The van der Waals surface area contributed by atoms with Crippen LogP contribution in [0.5, 0.6) is 5.75 Å². The smallest absolute Gasteiger partial charge is 0.171 e. The van der Waals surface area contributed by atoms with Crippen LogP contribution >= 0.6 is 23.8 Å². The fourth-order valence-corrected chi connectivity index (χ4v) is 2.75. The molecule has 0 fully saturated rings. The van der Waals surface area contributed by atoms with E-state index in [1.54, 1.807) is 13.3 Å². The Kier molecular flexibility index (Phi) is 6.09. The average Bonchev–Trinajstić information content (AvgIpc) is 3.08. The standard InChI is InChI=1S/C19H19ClN4OS/c1-25-18-4-2-3-15(9-18)12-24-13-17(11-22-24)23-19(26)21-10-14-5-7-16(20)8-6-14/h2-9,11,13H,10,12H2,1H3,(H2,21,23,26). The van der Waals surface area contributed by atoms with E-state index < -0.39 is 0 Å². The minimum atomic E-state index is 0.542. The highest BCUT2D eigenvalue weighted by Gasteiger charge is 2.03. The van der Waals surface area contributed by atoms with Gasteiger partial charge in [0.1, 0.15) is 5.75 Å². The van der Waals surface area contributed by atoms with Gasteiger partial charge < -0.3 is 15.4 Å². The number of nitrogens with one attached hydrogen (secondary N) is 2. The molecule has 0 amide bonds. The zero-order valence-electron chi connectivity index (χ0n) is 14.3. The molecule has 2 N–H and O–H groups in total. The van der Waals surface area contributed by atoms with E-state index in [1.807, 2.05) is 59.4 Å². The molecule has 0 aliphatic rings. The molecule has 0 aliphatic heterocycles.